The molecule has 0 radical (unpaired) electrons. The van der Waals surface area contributed by atoms with Crippen LogP contribution in [0.3, 0.4) is 0 Å². The van der Waals surface area contributed by atoms with Crippen LogP contribution in [-0.2, 0) is 19.1 Å². The highest BCUT2D eigenvalue weighted by atomic mass is 16.5. The second kappa shape index (κ2) is 10.0. The molecule has 0 aliphatic rings. The van der Waals surface area contributed by atoms with Crippen LogP contribution in [0.4, 0.5) is 0 Å². The van der Waals surface area contributed by atoms with E-state index in [0.717, 1.165) is 11.1 Å². The van der Waals surface area contributed by atoms with Crippen LogP contribution in [0.5, 0.6) is 0 Å². The Morgan fingerprint density at radius 2 is 1.12 bits per heavy atom. The maximum Gasteiger partial charge on any atom is 0.310 e. The van der Waals surface area contributed by atoms with Gasteiger partial charge in [-0.05, 0) is 23.3 Å². The Bertz CT molecular complexity index is 558. The molecule has 0 aromatic heterocycles. The summed E-state index contributed by atoms with van der Waals surface area (Å²) in [5.74, 6) is -0.748. The van der Waals surface area contributed by atoms with Crippen molar-refractivity contribution in [1.29, 1.82) is 0 Å². The molecular formula is C20H22O4. The molecule has 0 N–H and O–H groups in total. The molecule has 0 aliphatic heterocycles. The van der Waals surface area contributed by atoms with Crippen molar-refractivity contribution in [2.75, 3.05) is 0 Å². The van der Waals surface area contributed by atoms with Gasteiger partial charge in [0.2, 0.25) is 0 Å². The van der Waals surface area contributed by atoms with E-state index in [9.17, 15) is 9.59 Å². The number of ether oxygens (including phenoxy) is 2. The van der Waals surface area contributed by atoms with Gasteiger partial charge in [0.15, 0.2) is 0 Å². The predicted molar refractivity (Wildman–Crippen MR) is 94.1 cm³/mol. The van der Waals surface area contributed by atoms with Gasteiger partial charge < -0.3 is 9.47 Å². The molecule has 0 bridgehead atoms. The Kier molecular flexibility index (Phi) is 7.99. The first-order valence-corrected chi connectivity index (χ1v) is 7.51. The summed E-state index contributed by atoms with van der Waals surface area (Å²) >= 11 is 0. The summed E-state index contributed by atoms with van der Waals surface area (Å²) in [5.41, 5.74) is 1.54. The average molecular weight is 326 g/mol. The molecular weight excluding hydrogens is 304 g/mol. The monoisotopic (exact) mass is 326 g/mol. The third kappa shape index (κ3) is 5.72. The van der Waals surface area contributed by atoms with Crippen LogP contribution in [0.1, 0.15) is 36.2 Å². The summed E-state index contributed by atoms with van der Waals surface area (Å²) in [6.45, 7) is 14.4. The lowest BCUT2D eigenvalue weighted by molar-refractivity contribution is -0.147. The second-order valence-electron chi connectivity index (χ2n) is 4.94. The molecule has 2 atom stereocenters. The van der Waals surface area contributed by atoms with Gasteiger partial charge in [-0.1, -0.05) is 49.6 Å². The molecule has 1 rings (SSSR count). The smallest absolute Gasteiger partial charge is 0.310 e. The largest absolute Gasteiger partial charge is 0.453 e. The molecule has 1 aromatic carbocycles. The van der Waals surface area contributed by atoms with Gasteiger partial charge in [0, 0.05) is 0 Å². The van der Waals surface area contributed by atoms with Crippen molar-refractivity contribution < 1.29 is 19.1 Å². The fourth-order valence-corrected chi connectivity index (χ4v) is 1.99. The molecule has 126 valence electrons. The summed E-state index contributed by atoms with van der Waals surface area (Å²) in [6.07, 6.45) is 5.25. The molecule has 0 amide bonds. The van der Waals surface area contributed by atoms with Crippen molar-refractivity contribution in [3.8, 4) is 0 Å². The normalized spacial score (nSPS) is 12.3. The zero-order valence-electron chi connectivity index (χ0n) is 13.6. The van der Waals surface area contributed by atoms with Gasteiger partial charge in [-0.2, -0.15) is 0 Å². The molecule has 1 aromatic rings. The van der Waals surface area contributed by atoms with E-state index >= 15 is 0 Å². The van der Waals surface area contributed by atoms with Gasteiger partial charge in [-0.3, -0.25) is 9.59 Å². The zero-order valence-corrected chi connectivity index (χ0v) is 13.6. The Morgan fingerprint density at radius 3 is 1.38 bits per heavy atom. The number of hydrogen-bond donors (Lipinski definition) is 0. The average Bonchev–Trinajstić information content (AvgIpc) is 2.58. The fraction of sp³-hybridized carbons (Fsp3) is 0.200. The standard InChI is InChI=1S/C20H22O4/c1-5-9-19(21)23-17(7-3)15-11-13-16(14-12-15)18(8-4)24-20(22)10-6-2/h5-8,11-14,17-18H,1-4,9-10H2. The predicted octanol–water partition coefficient (Wildman–Crippen LogP) is 4.38. The van der Waals surface area contributed by atoms with Crippen molar-refractivity contribution in [2.24, 2.45) is 0 Å². The summed E-state index contributed by atoms with van der Waals surface area (Å²) in [4.78, 5) is 23.1. The van der Waals surface area contributed by atoms with Gasteiger partial charge in [-0.25, -0.2) is 0 Å². The van der Waals surface area contributed by atoms with E-state index in [1.807, 2.05) is 0 Å². The molecule has 2 unspecified atom stereocenters. The van der Waals surface area contributed by atoms with Gasteiger partial charge in [-0.15, -0.1) is 13.2 Å². The fourth-order valence-electron chi connectivity index (χ4n) is 1.99. The summed E-state index contributed by atoms with van der Waals surface area (Å²) in [6, 6.07) is 7.17. The summed E-state index contributed by atoms with van der Waals surface area (Å²) < 4.78 is 10.6. The number of carbonyl (C=O) groups excluding carboxylic acids is 2. The van der Waals surface area contributed by atoms with E-state index < -0.39 is 12.2 Å². The minimum absolute atomic E-state index is 0.139. The molecule has 0 aliphatic carbocycles. The van der Waals surface area contributed by atoms with Gasteiger partial charge in [0.1, 0.15) is 12.2 Å². The van der Waals surface area contributed by atoms with Crippen LogP contribution in [0, 0.1) is 0 Å². The summed E-state index contributed by atoms with van der Waals surface area (Å²) in [5, 5.41) is 0. The van der Waals surface area contributed by atoms with E-state index in [4.69, 9.17) is 9.47 Å². The minimum Gasteiger partial charge on any atom is -0.453 e. The van der Waals surface area contributed by atoms with E-state index in [0.29, 0.717) is 0 Å². The minimum atomic E-state index is -0.544. The van der Waals surface area contributed by atoms with E-state index in [-0.39, 0.29) is 24.8 Å². The molecule has 24 heavy (non-hydrogen) atoms. The Morgan fingerprint density at radius 1 is 0.792 bits per heavy atom. The lowest BCUT2D eigenvalue weighted by Gasteiger charge is -2.17. The van der Waals surface area contributed by atoms with Crippen LogP contribution in [0.2, 0.25) is 0 Å². The highest BCUT2D eigenvalue weighted by Crippen LogP contribution is 2.24. The number of carbonyl (C=O) groups is 2. The number of esters is 2. The Balaban J connectivity index is 2.85. The molecule has 4 heteroatoms. The van der Waals surface area contributed by atoms with Crippen molar-refractivity contribution in [3.05, 3.63) is 86.0 Å². The van der Waals surface area contributed by atoms with Crippen LogP contribution in [0.25, 0.3) is 0 Å². The van der Waals surface area contributed by atoms with E-state index in [2.05, 4.69) is 26.3 Å². The molecule has 0 heterocycles. The number of hydrogen-bond acceptors (Lipinski definition) is 4. The number of rotatable bonds is 10. The molecule has 0 spiro atoms. The van der Waals surface area contributed by atoms with Gasteiger partial charge >= 0.3 is 11.9 Å². The van der Waals surface area contributed by atoms with Crippen LogP contribution >= 0.6 is 0 Å². The van der Waals surface area contributed by atoms with Gasteiger partial charge in [0.25, 0.3) is 0 Å². The first kappa shape index (κ1) is 19.2. The lowest BCUT2D eigenvalue weighted by Crippen LogP contribution is -2.10. The van der Waals surface area contributed by atoms with Crippen LogP contribution in [-0.4, -0.2) is 11.9 Å². The highest BCUT2D eigenvalue weighted by molar-refractivity contribution is 5.72. The number of benzene rings is 1. The van der Waals surface area contributed by atoms with Crippen molar-refractivity contribution in [2.45, 2.75) is 25.0 Å². The van der Waals surface area contributed by atoms with Gasteiger partial charge in [0.05, 0.1) is 12.8 Å². The Labute approximate surface area is 142 Å². The Hall–Kier alpha value is -2.88. The molecule has 0 fully saturated rings. The maximum absolute atomic E-state index is 11.6. The van der Waals surface area contributed by atoms with Crippen molar-refractivity contribution >= 4 is 11.9 Å². The first-order chi connectivity index (χ1) is 11.5. The molecule has 0 saturated heterocycles. The quantitative estimate of drug-likeness (QED) is 0.473. The molecule has 4 nitrogen and oxygen atoms in total. The highest BCUT2D eigenvalue weighted by Gasteiger charge is 2.15. The van der Waals surface area contributed by atoms with Crippen LogP contribution in [0.15, 0.2) is 74.9 Å². The van der Waals surface area contributed by atoms with Crippen molar-refractivity contribution in [1.82, 2.24) is 0 Å². The van der Waals surface area contributed by atoms with Crippen LogP contribution < -0.4 is 0 Å². The lowest BCUT2D eigenvalue weighted by atomic mass is 10.0. The first-order valence-electron chi connectivity index (χ1n) is 7.51. The van der Waals surface area contributed by atoms with E-state index in [1.54, 1.807) is 36.4 Å². The topological polar surface area (TPSA) is 52.6 Å². The van der Waals surface area contributed by atoms with Crippen molar-refractivity contribution in [3.63, 3.8) is 0 Å². The zero-order chi connectivity index (χ0) is 17.9. The second-order valence-corrected chi connectivity index (χ2v) is 4.94. The third-order valence-electron chi connectivity index (χ3n) is 3.16. The van der Waals surface area contributed by atoms with E-state index in [1.165, 1.54) is 12.2 Å². The summed E-state index contributed by atoms with van der Waals surface area (Å²) in [7, 11) is 0. The SMILES string of the molecule is C=CCC(=O)OC(C=C)c1ccc(C(C=C)OC(=O)CC=C)cc1. The maximum atomic E-state index is 11.6. The third-order valence-corrected chi connectivity index (χ3v) is 3.16. The molecule has 0 saturated carbocycles.